The molecule has 0 heterocycles. The Morgan fingerprint density at radius 1 is 0.875 bits per heavy atom. The summed E-state index contributed by atoms with van der Waals surface area (Å²) < 4.78 is 98.3. The predicted molar refractivity (Wildman–Crippen MR) is 40.5 cm³/mol. The van der Waals surface area contributed by atoms with Crippen LogP contribution < -0.4 is 0 Å². The normalized spacial score (nSPS) is 18.4. The first-order valence-corrected chi connectivity index (χ1v) is 4.10. The summed E-state index contributed by atoms with van der Waals surface area (Å²) in [4.78, 5) is 0. The van der Waals surface area contributed by atoms with E-state index in [0.717, 1.165) is 0 Å². The van der Waals surface area contributed by atoms with E-state index < -0.39 is 36.0 Å². The van der Waals surface area contributed by atoms with Gasteiger partial charge in [-0.15, -0.1) is 12.6 Å². The first-order chi connectivity index (χ1) is 6.81. The molecule has 0 radical (unpaired) electrons. The summed E-state index contributed by atoms with van der Waals surface area (Å²) >= 11 is 1.93. The van der Waals surface area contributed by atoms with E-state index in [1.54, 1.807) is 0 Å². The fraction of sp³-hybridized carbons (Fsp3) is 1.00. The molecule has 0 fully saturated rings. The number of hydrogen-bond donors (Lipinski definition) is 2. The Hall–Kier alpha value is -0.250. The first kappa shape index (κ1) is 15.8. The molecule has 0 amide bonds. The van der Waals surface area contributed by atoms with Gasteiger partial charge in [-0.3, -0.25) is 0 Å². The largest absolute Gasteiger partial charge is 0.438 e. The molecule has 1 atom stereocenters. The molecule has 0 aromatic carbocycles. The number of halogens is 8. The van der Waals surface area contributed by atoms with E-state index in [0.29, 0.717) is 0 Å². The van der Waals surface area contributed by atoms with E-state index in [4.69, 9.17) is 5.11 Å². The van der Waals surface area contributed by atoms with Crippen molar-refractivity contribution in [2.24, 2.45) is 0 Å². The van der Waals surface area contributed by atoms with Crippen LogP contribution in [0.4, 0.5) is 35.1 Å². The summed E-state index contributed by atoms with van der Waals surface area (Å²) in [7, 11) is 0. The van der Waals surface area contributed by atoms with E-state index in [-0.39, 0.29) is 0 Å². The highest BCUT2D eigenvalue weighted by molar-refractivity contribution is 7.81. The number of thiol groups is 1. The maximum absolute atomic E-state index is 12.6. The van der Waals surface area contributed by atoms with Crippen molar-refractivity contribution in [1.82, 2.24) is 0 Å². The Morgan fingerprint density at radius 2 is 1.25 bits per heavy atom. The van der Waals surface area contributed by atoms with Gasteiger partial charge in [0.25, 0.3) is 0 Å². The highest BCUT2D eigenvalue weighted by Gasteiger charge is 2.78. The zero-order valence-corrected chi connectivity index (χ0v) is 8.23. The topological polar surface area (TPSA) is 20.2 Å². The van der Waals surface area contributed by atoms with Crippen molar-refractivity contribution in [3.05, 3.63) is 0 Å². The van der Waals surface area contributed by atoms with E-state index in [1.807, 2.05) is 12.6 Å². The average Bonchev–Trinajstić information content (AvgIpc) is 2.01. The lowest BCUT2D eigenvalue weighted by atomic mass is 10.0. The number of aliphatic hydroxyl groups excluding tert-OH is 1. The average molecular weight is 278 g/mol. The molecule has 0 rings (SSSR count). The van der Waals surface area contributed by atoms with Gasteiger partial charge in [-0.2, -0.15) is 30.7 Å². The third-order valence-corrected chi connectivity index (χ3v) is 2.21. The lowest BCUT2D eigenvalue weighted by Gasteiger charge is -2.35. The molecule has 0 aromatic rings. The SMILES string of the molecule is OCCC(F)(F)C(F)(F)C(F)(S)C(F)(F)F. The molecular weight excluding hydrogens is 272 g/mol. The quantitative estimate of drug-likeness (QED) is 0.598. The van der Waals surface area contributed by atoms with Crippen molar-refractivity contribution in [3.63, 3.8) is 0 Å². The summed E-state index contributed by atoms with van der Waals surface area (Å²) in [6.45, 7) is -1.52. The summed E-state index contributed by atoms with van der Waals surface area (Å²) in [6.07, 6.45) is -8.29. The second-order valence-corrected chi connectivity index (χ2v) is 3.49. The van der Waals surface area contributed by atoms with Crippen LogP contribution in [0.2, 0.25) is 0 Å². The third-order valence-electron chi connectivity index (χ3n) is 1.68. The Morgan fingerprint density at radius 3 is 1.50 bits per heavy atom. The summed E-state index contributed by atoms with van der Waals surface area (Å²) in [5, 5.41) is 2.31. The van der Waals surface area contributed by atoms with E-state index >= 15 is 0 Å². The lowest BCUT2D eigenvalue weighted by Crippen LogP contribution is -2.60. The van der Waals surface area contributed by atoms with Crippen molar-refractivity contribution in [3.8, 4) is 0 Å². The van der Waals surface area contributed by atoms with Crippen LogP contribution in [0.5, 0.6) is 0 Å². The smallest absolute Gasteiger partial charge is 0.396 e. The molecular formula is C6H6F8OS. The molecule has 16 heavy (non-hydrogen) atoms. The molecule has 0 spiro atoms. The minimum absolute atomic E-state index is 1.52. The second-order valence-electron chi connectivity index (χ2n) is 2.87. The Balaban J connectivity index is 5.34. The number of alkyl halides is 8. The van der Waals surface area contributed by atoms with Crippen LogP contribution in [0.3, 0.4) is 0 Å². The Kier molecular flexibility index (Phi) is 4.14. The van der Waals surface area contributed by atoms with Crippen LogP contribution in [0.15, 0.2) is 0 Å². The monoisotopic (exact) mass is 278 g/mol. The van der Waals surface area contributed by atoms with Gasteiger partial charge >= 0.3 is 23.0 Å². The van der Waals surface area contributed by atoms with E-state index in [9.17, 15) is 35.1 Å². The second kappa shape index (κ2) is 4.21. The predicted octanol–water partition coefficient (Wildman–Crippen LogP) is 2.80. The van der Waals surface area contributed by atoms with Gasteiger partial charge in [0.15, 0.2) is 0 Å². The maximum Gasteiger partial charge on any atom is 0.438 e. The highest BCUT2D eigenvalue weighted by Crippen LogP contribution is 2.54. The van der Waals surface area contributed by atoms with Crippen LogP contribution in [-0.2, 0) is 0 Å². The van der Waals surface area contributed by atoms with Gasteiger partial charge < -0.3 is 5.11 Å². The van der Waals surface area contributed by atoms with Gasteiger partial charge in [0, 0.05) is 13.0 Å². The summed E-state index contributed by atoms with van der Waals surface area (Å²) in [6, 6.07) is 0. The number of hydrogen-bond acceptors (Lipinski definition) is 2. The molecule has 0 aromatic heterocycles. The summed E-state index contributed by atoms with van der Waals surface area (Å²) in [5.41, 5.74) is 0. The molecule has 1 nitrogen and oxygen atoms in total. The minimum atomic E-state index is -6.28. The molecule has 0 aliphatic rings. The zero-order chi connectivity index (χ0) is 13.4. The molecule has 0 saturated carbocycles. The fourth-order valence-corrected chi connectivity index (χ4v) is 0.881. The Labute approximate surface area is 89.8 Å². The molecule has 0 saturated heterocycles. The van der Waals surface area contributed by atoms with Crippen molar-refractivity contribution in [2.75, 3.05) is 6.61 Å². The van der Waals surface area contributed by atoms with Crippen LogP contribution >= 0.6 is 12.6 Å². The zero-order valence-electron chi connectivity index (χ0n) is 7.33. The van der Waals surface area contributed by atoms with Crippen LogP contribution in [0.1, 0.15) is 6.42 Å². The van der Waals surface area contributed by atoms with E-state index in [2.05, 4.69) is 0 Å². The molecule has 10 heteroatoms. The molecule has 0 bridgehead atoms. The third kappa shape index (κ3) is 2.36. The van der Waals surface area contributed by atoms with Gasteiger partial charge in [0.2, 0.25) is 0 Å². The van der Waals surface area contributed by atoms with Gasteiger partial charge in [0.05, 0.1) is 0 Å². The first-order valence-electron chi connectivity index (χ1n) is 3.66. The number of rotatable bonds is 4. The lowest BCUT2D eigenvalue weighted by molar-refractivity contribution is -0.321. The van der Waals surface area contributed by atoms with Crippen LogP contribution in [-0.4, -0.2) is 34.7 Å². The molecule has 0 aliphatic heterocycles. The van der Waals surface area contributed by atoms with Crippen molar-refractivity contribution < 1.29 is 40.2 Å². The number of aliphatic hydroxyl groups is 1. The fourth-order valence-electron chi connectivity index (χ4n) is 0.718. The van der Waals surface area contributed by atoms with E-state index in [1.165, 1.54) is 0 Å². The van der Waals surface area contributed by atoms with Crippen LogP contribution in [0, 0.1) is 0 Å². The van der Waals surface area contributed by atoms with Gasteiger partial charge in [-0.1, -0.05) is 0 Å². The van der Waals surface area contributed by atoms with Crippen molar-refractivity contribution in [2.45, 2.75) is 29.4 Å². The maximum atomic E-state index is 12.6. The van der Waals surface area contributed by atoms with Crippen molar-refractivity contribution >= 4 is 12.6 Å². The standard InChI is InChI=1S/C6H6F8OS/c7-3(8,1-2-15)4(9,10)5(11,16)6(12,13)14/h15-16H,1-2H2. The van der Waals surface area contributed by atoms with Gasteiger partial charge in [-0.05, 0) is 0 Å². The minimum Gasteiger partial charge on any atom is -0.396 e. The van der Waals surface area contributed by atoms with Gasteiger partial charge in [-0.25, -0.2) is 4.39 Å². The Bertz CT molecular complexity index is 247. The van der Waals surface area contributed by atoms with Gasteiger partial charge in [0.1, 0.15) is 0 Å². The van der Waals surface area contributed by atoms with Crippen molar-refractivity contribution in [1.29, 1.82) is 0 Å². The molecule has 98 valence electrons. The molecule has 0 aliphatic carbocycles. The van der Waals surface area contributed by atoms with Crippen LogP contribution in [0.25, 0.3) is 0 Å². The highest BCUT2D eigenvalue weighted by atomic mass is 32.1. The molecule has 1 unspecified atom stereocenters. The summed E-state index contributed by atoms with van der Waals surface area (Å²) in [5.74, 6) is -11.5. The molecule has 1 N–H and O–H groups in total.